The molecule has 0 saturated carbocycles. The van der Waals surface area contributed by atoms with Crippen molar-refractivity contribution in [2.75, 3.05) is 13.2 Å². The van der Waals surface area contributed by atoms with Crippen LogP contribution in [0.4, 0.5) is 0 Å². The molecule has 0 radical (unpaired) electrons. The van der Waals surface area contributed by atoms with Gasteiger partial charge in [0.25, 0.3) is 0 Å². The first-order chi connectivity index (χ1) is 8.15. The number of nitriles is 1. The molecule has 0 amide bonds. The lowest BCUT2D eigenvalue weighted by Crippen LogP contribution is -2.18. The van der Waals surface area contributed by atoms with Crippen LogP contribution in [0.3, 0.4) is 0 Å². The second kappa shape index (κ2) is 4.97. The van der Waals surface area contributed by atoms with Crippen LogP contribution in [0, 0.1) is 11.3 Å². The predicted molar refractivity (Wildman–Crippen MR) is 68.5 cm³/mol. The van der Waals surface area contributed by atoms with E-state index >= 15 is 0 Å². The molecule has 0 aliphatic carbocycles. The highest BCUT2D eigenvalue weighted by atomic mass is 79.9. The van der Waals surface area contributed by atoms with Crippen LogP contribution in [0.5, 0.6) is 11.5 Å². The van der Waals surface area contributed by atoms with Crippen molar-refractivity contribution in [3.63, 3.8) is 0 Å². The third-order valence-electron chi connectivity index (χ3n) is 2.74. The number of rotatable bonds is 2. The highest BCUT2D eigenvalue weighted by molar-refractivity contribution is 9.10. The van der Waals surface area contributed by atoms with E-state index in [9.17, 15) is 0 Å². The average Bonchev–Trinajstić information content (AvgIpc) is 2.29. The minimum Gasteiger partial charge on any atom is -0.486 e. The fourth-order valence-electron chi connectivity index (χ4n) is 2.10. The highest BCUT2D eigenvalue weighted by Gasteiger charge is 2.24. The maximum absolute atomic E-state index is 8.88. The molecule has 0 saturated heterocycles. The second-order valence-electron chi connectivity index (χ2n) is 4.28. The summed E-state index contributed by atoms with van der Waals surface area (Å²) in [5.41, 5.74) is 2.10. The molecule has 2 rings (SSSR count). The molecule has 3 nitrogen and oxygen atoms in total. The normalized spacial score (nSPS) is 13.6. The van der Waals surface area contributed by atoms with Gasteiger partial charge >= 0.3 is 0 Å². The number of ether oxygens (including phenoxy) is 2. The molecule has 0 aromatic heterocycles. The summed E-state index contributed by atoms with van der Waals surface area (Å²) in [6.07, 6.45) is 0.392. The monoisotopic (exact) mass is 295 g/mol. The molecule has 90 valence electrons. The third-order valence-corrected chi connectivity index (χ3v) is 3.33. The van der Waals surface area contributed by atoms with E-state index < -0.39 is 0 Å². The Morgan fingerprint density at radius 2 is 2.00 bits per heavy atom. The van der Waals surface area contributed by atoms with E-state index in [0.29, 0.717) is 25.6 Å². The summed E-state index contributed by atoms with van der Waals surface area (Å²) in [6.45, 7) is 5.33. The van der Waals surface area contributed by atoms with Gasteiger partial charge in [0, 0.05) is 5.56 Å². The van der Waals surface area contributed by atoms with Crippen molar-refractivity contribution >= 4 is 15.9 Å². The minimum absolute atomic E-state index is 0.307. The first-order valence-electron chi connectivity index (χ1n) is 5.63. The first kappa shape index (κ1) is 12.3. The van der Waals surface area contributed by atoms with Crippen LogP contribution in [-0.4, -0.2) is 13.2 Å². The van der Waals surface area contributed by atoms with Crippen molar-refractivity contribution in [2.45, 2.75) is 26.2 Å². The van der Waals surface area contributed by atoms with Crippen LogP contribution in [0.15, 0.2) is 10.5 Å². The minimum atomic E-state index is 0.307. The summed E-state index contributed by atoms with van der Waals surface area (Å²) in [4.78, 5) is 0. The average molecular weight is 296 g/mol. The summed E-state index contributed by atoms with van der Waals surface area (Å²) in [5, 5.41) is 8.88. The van der Waals surface area contributed by atoms with Crippen LogP contribution < -0.4 is 9.47 Å². The van der Waals surface area contributed by atoms with Crippen LogP contribution in [-0.2, 0) is 6.42 Å². The summed E-state index contributed by atoms with van der Waals surface area (Å²) < 4.78 is 12.2. The molecule has 0 bridgehead atoms. The Balaban J connectivity index is 2.63. The maximum Gasteiger partial charge on any atom is 0.175 e. The molecule has 1 aliphatic heterocycles. The van der Waals surface area contributed by atoms with E-state index in [-0.39, 0.29) is 0 Å². The molecule has 1 aliphatic rings. The van der Waals surface area contributed by atoms with E-state index in [4.69, 9.17) is 14.7 Å². The topological polar surface area (TPSA) is 42.2 Å². The van der Waals surface area contributed by atoms with Crippen molar-refractivity contribution in [2.24, 2.45) is 0 Å². The molecule has 17 heavy (non-hydrogen) atoms. The van der Waals surface area contributed by atoms with Crippen molar-refractivity contribution < 1.29 is 9.47 Å². The van der Waals surface area contributed by atoms with Gasteiger partial charge in [-0.05, 0) is 33.5 Å². The van der Waals surface area contributed by atoms with Crippen LogP contribution >= 0.6 is 15.9 Å². The molecule has 0 atom stereocenters. The molecule has 0 spiro atoms. The second-order valence-corrected chi connectivity index (χ2v) is 5.13. The van der Waals surface area contributed by atoms with Gasteiger partial charge in [-0.25, -0.2) is 0 Å². The van der Waals surface area contributed by atoms with Gasteiger partial charge in [-0.15, -0.1) is 0 Å². The Labute approximate surface area is 109 Å². The highest BCUT2D eigenvalue weighted by Crippen LogP contribution is 2.45. The Kier molecular flexibility index (Phi) is 3.58. The molecule has 1 aromatic carbocycles. The maximum atomic E-state index is 8.88. The van der Waals surface area contributed by atoms with Gasteiger partial charge in [0.2, 0.25) is 0 Å². The SMILES string of the molecule is CC(C)c1c(CC#N)cc(Br)c2c1OCCO2. The van der Waals surface area contributed by atoms with Gasteiger partial charge in [0.05, 0.1) is 17.0 Å². The standard InChI is InChI=1S/C13H14BrNO2/c1-8(2)11-9(3-4-15)7-10(14)12-13(11)17-6-5-16-12/h7-8H,3,5-6H2,1-2H3. The van der Waals surface area contributed by atoms with Gasteiger partial charge in [-0.3, -0.25) is 0 Å². The van der Waals surface area contributed by atoms with Gasteiger partial charge in [0.15, 0.2) is 11.5 Å². The van der Waals surface area contributed by atoms with E-state index in [1.807, 2.05) is 6.07 Å². The molecular weight excluding hydrogens is 282 g/mol. The molecule has 0 N–H and O–H groups in total. The fraction of sp³-hybridized carbons (Fsp3) is 0.462. The van der Waals surface area contributed by atoms with Crippen LogP contribution in [0.1, 0.15) is 30.9 Å². The molecular formula is C13H14BrNO2. The summed E-state index contributed by atoms with van der Waals surface area (Å²) in [5.74, 6) is 1.87. The zero-order valence-electron chi connectivity index (χ0n) is 9.92. The van der Waals surface area contributed by atoms with E-state index in [0.717, 1.165) is 27.1 Å². The molecule has 4 heteroatoms. The predicted octanol–water partition coefficient (Wildman–Crippen LogP) is 3.41. The number of hydrogen-bond acceptors (Lipinski definition) is 3. The Hall–Kier alpha value is -1.21. The molecule has 0 unspecified atom stereocenters. The largest absolute Gasteiger partial charge is 0.486 e. The van der Waals surface area contributed by atoms with Crippen LogP contribution in [0.2, 0.25) is 0 Å². The Morgan fingerprint density at radius 1 is 1.35 bits per heavy atom. The van der Waals surface area contributed by atoms with Crippen molar-refractivity contribution in [3.05, 3.63) is 21.7 Å². The van der Waals surface area contributed by atoms with Gasteiger partial charge in [-0.1, -0.05) is 13.8 Å². The lowest BCUT2D eigenvalue weighted by atomic mass is 9.94. The van der Waals surface area contributed by atoms with Gasteiger partial charge in [-0.2, -0.15) is 5.26 Å². The number of fused-ring (bicyclic) bond motifs is 1. The number of benzene rings is 1. The number of nitrogens with zero attached hydrogens (tertiary/aromatic N) is 1. The zero-order valence-corrected chi connectivity index (χ0v) is 11.5. The van der Waals surface area contributed by atoms with Gasteiger partial charge < -0.3 is 9.47 Å². The quantitative estimate of drug-likeness (QED) is 0.840. The zero-order chi connectivity index (χ0) is 12.4. The van der Waals surface area contributed by atoms with Crippen LogP contribution in [0.25, 0.3) is 0 Å². The summed E-state index contributed by atoms with van der Waals surface area (Å²) >= 11 is 3.47. The first-order valence-corrected chi connectivity index (χ1v) is 6.42. The third kappa shape index (κ3) is 2.25. The lowest BCUT2D eigenvalue weighted by Gasteiger charge is -2.25. The molecule has 1 aromatic rings. The Morgan fingerprint density at radius 3 is 2.59 bits per heavy atom. The smallest absolute Gasteiger partial charge is 0.175 e. The van der Waals surface area contributed by atoms with E-state index in [1.165, 1.54) is 0 Å². The number of halogens is 1. The lowest BCUT2D eigenvalue weighted by molar-refractivity contribution is 0.168. The molecule has 0 fully saturated rings. The van der Waals surface area contributed by atoms with E-state index in [2.05, 4.69) is 35.8 Å². The summed E-state index contributed by atoms with van der Waals surface area (Å²) in [7, 11) is 0. The number of hydrogen-bond donors (Lipinski definition) is 0. The fourth-order valence-corrected chi connectivity index (χ4v) is 2.67. The van der Waals surface area contributed by atoms with Gasteiger partial charge in [0.1, 0.15) is 13.2 Å². The van der Waals surface area contributed by atoms with Crippen molar-refractivity contribution in [1.29, 1.82) is 5.26 Å². The van der Waals surface area contributed by atoms with Crippen molar-refractivity contribution in [3.8, 4) is 17.6 Å². The van der Waals surface area contributed by atoms with Crippen molar-refractivity contribution in [1.82, 2.24) is 0 Å². The molecule has 1 heterocycles. The Bertz CT molecular complexity index is 477. The van der Waals surface area contributed by atoms with E-state index in [1.54, 1.807) is 0 Å². The summed E-state index contributed by atoms with van der Waals surface area (Å²) in [6, 6.07) is 4.16.